The number of aryl methyl sites for hydroxylation is 1. The molecule has 112 valence electrons. The summed E-state index contributed by atoms with van der Waals surface area (Å²) in [6.07, 6.45) is 6.01. The molecule has 3 rings (SSSR count). The van der Waals surface area contributed by atoms with Gasteiger partial charge in [0.25, 0.3) is 0 Å². The van der Waals surface area contributed by atoms with E-state index in [-0.39, 0.29) is 5.41 Å². The highest BCUT2D eigenvalue weighted by Crippen LogP contribution is 2.37. The van der Waals surface area contributed by atoms with Gasteiger partial charge in [-0.05, 0) is 45.3 Å². The van der Waals surface area contributed by atoms with Crippen molar-refractivity contribution in [1.29, 1.82) is 0 Å². The molecule has 0 radical (unpaired) electrons. The molecule has 0 aliphatic carbocycles. The number of hydrogen-bond donors (Lipinski definition) is 1. The van der Waals surface area contributed by atoms with Crippen molar-refractivity contribution in [2.45, 2.75) is 44.9 Å². The Balaban J connectivity index is 1.92. The van der Waals surface area contributed by atoms with E-state index in [0.29, 0.717) is 11.6 Å². The molecule has 1 fully saturated rings. The van der Waals surface area contributed by atoms with Crippen molar-refractivity contribution in [1.82, 2.24) is 25.4 Å². The molecule has 0 bridgehead atoms. The number of piperidine rings is 1. The molecular formula is C15H21N5O. The summed E-state index contributed by atoms with van der Waals surface area (Å²) in [6.45, 7) is 6.07. The Morgan fingerprint density at radius 3 is 2.81 bits per heavy atom. The SMILES string of the molecule is CCCC1(c2nc(-c3ccnc(C)n3)no2)CCNCC1. The summed E-state index contributed by atoms with van der Waals surface area (Å²) in [5, 5.41) is 7.54. The molecule has 2 aromatic heterocycles. The molecule has 3 heterocycles. The van der Waals surface area contributed by atoms with Gasteiger partial charge in [-0.25, -0.2) is 9.97 Å². The summed E-state index contributed by atoms with van der Waals surface area (Å²) >= 11 is 0. The molecule has 6 nitrogen and oxygen atoms in total. The summed E-state index contributed by atoms with van der Waals surface area (Å²) < 4.78 is 5.61. The Morgan fingerprint density at radius 2 is 2.10 bits per heavy atom. The summed E-state index contributed by atoms with van der Waals surface area (Å²) in [6, 6.07) is 1.82. The molecule has 2 aromatic rings. The summed E-state index contributed by atoms with van der Waals surface area (Å²) in [4.78, 5) is 13.1. The molecule has 0 unspecified atom stereocenters. The minimum absolute atomic E-state index is 0.0212. The summed E-state index contributed by atoms with van der Waals surface area (Å²) in [5.41, 5.74) is 0.742. The van der Waals surface area contributed by atoms with E-state index in [9.17, 15) is 0 Å². The van der Waals surface area contributed by atoms with Crippen LogP contribution in [0.1, 0.15) is 44.3 Å². The van der Waals surface area contributed by atoms with Crippen molar-refractivity contribution in [3.8, 4) is 11.5 Å². The monoisotopic (exact) mass is 287 g/mol. The lowest BCUT2D eigenvalue weighted by Crippen LogP contribution is -2.40. The Hall–Kier alpha value is -1.82. The second-order valence-corrected chi connectivity index (χ2v) is 5.69. The molecule has 0 spiro atoms. The third-order valence-electron chi connectivity index (χ3n) is 4.17. The van der Waals surface area contributed by atoms with Crippen molar-refractivity contribution in [2.75, 3.05) is 13.1 Å². The highest BCUT2D eigenvalue weighted by molar-refractivity contribution is 5.47. The maximum atomic E-state index is 5.61. The van der Waals surface area contributed by atoms with Crippen molar-refractivity contribution in [3.63, 3.8) is 0 Å². The minimum atomic E-state index is 0.0212. The minimum Gasteiger partial charge on any atom is -0.338 e. The van der Waals surface area contributed by atoms with Gasteiger partial charge in [0.2, 0.25) is 11.7 Å². The van der Waals surface area contributed by atoms with Crippen LogP contribution in [-0.4, -0.2) is 33.2 Å². The predicted octanol–water partition coefficient (Wildman–Crippen LogP) is 2.26. The van der Waals surface area contributed by atoms with Gasteiger partial charge in [-0.3, -0.25) is 0 Å². The highest BCUT2D eigenvalue weighted by Gasteiger charge is 2.38. The predicted molar refractivity (Wildman–Crippen MR) is 78.8 cm³/mol. The third kappa shape index (κ3) is 2.81. The number of aromatic nitrogens is 4. The van der Waals surface area contributed by atoms with Crippen molar-refractivity contribution in [3.05, 3.63) is 24.0 Å². The van der Waals surface area contributed by atoms with E-state index in [0.717, 1.165) is 50.4 Å². The molecule has 21 heavy (non-hydrogen) atoms. The van der Waals surface area contributed by atoms with Crippen LogP contribution in [0.4, 0.5) is 0 Å². The Bertz CT molecular complexity index is 598. The van der Waals surface area contributed by atoms with E-state index in [1.165, 1.54) is 0 Å². The number of nitrogens with one attached hydrogen (secondary N) is 1. The molecular weight excluding hydrogens is 266 g/mol. The normalized spacial score (nSPS) is 17.8. The fourth-order valence-electron chi connectivity index (χ4n) is 3.08. The van der Waals surface area contributed by atoms with Crippen molar-refractivity contribution in [2.24, 2.45) is 0 Å². The molecule has 0 amide bonds. The van der Waals surface area contributed by atoms with Gasteiger partial charge < -0.3 is 9.84 Å². The average molecular weight is 287 g/mol. The van der Waals surface area contributed by atoms with Gasteiger partial charge in [0.1, 0.15) is 11.5 Å². The van der Waals surface area contributed by atoms with Crippen LogP contribution in [-0.2, 0) is 5.41 Å². The lowest BCUT2D eigenvalue weighted by molar-refractivity contribution is 0.208. The quantitative estimate of drug-likeness (QED) is 0.929. The lowest BCUT2D eigenvalue weighted by Gasteiger charge is -2.34. The van der Waals surface area contributed by atoms with Crippen molar-refractivity contribution < 1.29 is 4.52 Å². The van der Waals surface area contributed by atoms with Crippen LogP contribution in [0.3, 0.4) is 0 Å². The van der Waals surface area contributed by atoms with Crippen LogP contribution >= 0.6 is 0 Å². The molecule has 1 aliphatic heterocycles. The van der Waals surface area contributed by atoms with Crippen LogP contribution < -0.4 is 5.32 Å². The first-order valence-electron chi connectivity index (χ1n) is 7.58. The first-order valence-corrected chi connectivity index (χ1v) is 7.58. The molecule has 1 N–H and O–H groups in total. The number of rotatable bonds is 4. The van der Waals surface area contributed by atoms with Crippen LogP contribution in [0.2, 0.25) is 0 Å². The van der Waals surface area contributed by atoms with Gasteiger partial charge in [0.15, 0.2) is 0 Å². The number of hydrogen-bond acceptors (Lipinski definition) is 6. The van der Waals surface area contributed by atoms with Gasteiger partial charge in [0.05, 0.1) is 5.41 Å². The largest absolute Gasteiger partial charge is 0.338 e. The highest BCUT2D eigenvalue weighted by atomic mass is 16.5. The van der Waals surface area contributed by atoms with E-state index in [4.69, 9.17) is 4.52 Å². The van der Waals surface area contributed by atoms with Gasteiger partial charge in [-0.15, -0.1) is 0 Å². The van der Waals surface area contributed by atoms with E-state index in [2.05, 4.69) is 32.3 Å². The van der Waals surface area contributed by atoms with E-state index >= 15 is 0 Å². The van der Waals surface area contributed by atoms with E-state index < -0.39 is 0 Å². The molecule has 0 saturated carbocycles. The van der Waals surface area contributed by atoms with Gasteiger partial charge >= 0.3 is 0 Å². The topological polar surface area (TPSA) is 76.7 Å². The van der Waals surface area contributed by atoms with Gasteiger partial charge in [-0.1, -0.05) is 18.5 Å². The van der Waals surface area contributed by atoms with Crippen LogP contribution in [0, 0.1) is 6.92 Å². The first kappa shape index (κ1) is 14.1. The fraction of sp³-hybridized carbons (Fsp3) is 0.600. The van der Waals surface area contributed by atoms with Crippen LogP contribution in [0.25, 0.3) is 11.5 Å². The molecule has 0 aromatic carbocycles. The maximum absolute atomic E-state index is 5.61. The zero-order valence-corrected chi connectivity index (χ0v) is 12.6. The molecule has 1 saturated heterocycles. The smallest absolute Gasteiger partial charge is 0.233 e. The zero-order valence-electron chi connectivity index (χ0n) is 12.6. The zero-order chi connectivity index (χ0) is 14.7. The maximum Gasteiger partial charge on any atom is 0.233 e. The Kier molecular flexibility index (Phi) is 3.96. The lowest BCUT2D eigenvalue weighted by atomic mass is 9.75. The molecule has 0 atom stereocenters. The Morgan fingerprint density at radius 1 is 1.29 bits per heavy atom. The number of nitrogens with zero attached hydrogens (tertiary/aromatic N) is 4. The van der Waals surface area contributed by atoms with E-state index in [1.807, 2.05) is 13.0 Å². The van der Waals surface area contributed by atoms with Crippen LogP contribution in [0.15, 0.2) is 16.8 Å². The standard InChI is InChI=1S/C15H21N5O/c1-3-5-15(6-9-16-10-7-15)14-19-13(20-21-14)12-4-8-17-11(2)18-12/h4,8,16H,3,5-7,9-10H2,1-2H3. The first-order chi connectivity index (χ1) is 10.2. The van der Waals surface area contributed by atoms with Crippen molar-refractivity contribution >= 4 is 0 Å². The fourth-order valence-corrected chi connectivity index (χ4v) is 3.08. The second kappa shape index (κ2) is 5.89. The molecule has 1 aliphatic rings. The third-order valence-corrected chi connectivity index (χ3v) is 4.17. The Labute approximate surface area is 124 Å². The van der Waals surface area contributed by atoms with E-state index in [1.54, 1.807) is 6.20 Å². The molecule has 6 heteroatoms. The summed E-state index contributed by atoms with van der Waals surface area (Å²) in [7, 11) is 0. The van der Waals surface area contributed by atoms with Gasteiger partial charge in [0, 0.05) is 6.20 Å². The van der Waals surface area contributed by atoms with Crippen LogP contribution in [0.5, 0.6) is 0 Å². The summed E-state index contributed by atoms with van der Waals surface area (Å²) in [5.74, 6) is 2.03. The average Bonchev–Trinajstić information content (AvgIpc) is 2.99. The second-order valence-electron chi connectivity index (χ2n) is 5.69. The van der Waals surface area contributed by atoms with Gasteiger partial charge in [-0.2, -0.15) is 4.98 Å².